The van der Waals surface area contributed by atoms with Crippen molar-refractivity contribution in [3.63, 3.8) is 0 Å². The Labute approximate surface area is 205 Å². The molecule has 2 aromatic rings. The van der Waals surface area contributed by atoms with Gasteiger partial charge in [-0.25, -0.2) is 21.6 Å². The van der Waals surface area contributed by atoms with E-state index < -0.39 is 36.5 Å². The van der Waals surface area contributed by atoms with E-state index in [9.17, 15) is 31.8 Å². The third-order valence-corrected chi connectivity index (χ3v) is 8.45. The number of anilines is 2. The summed E-state index contributed by atoms with van der Waals surface area (Å²) in [4.78, 5) is 13.3. The van der Waals surface area contributed by atoms with Crippen LogP contribution in [-0.2, 0) is 24.6 Å². The minimum Gasteiger partial charge on any atom is -0.507 e. The van der Waals surface area contributed by atoms with Crippen LogP contribution in [0.15, 0.2) is 46.2 Å². The monoisotopic (exact) mass is 526 g/mol. The molecule has 10 nitrogen and oxygen atoms in total. The summed E-state index contributed by atoms with van der Waals surface area (Å²) in [5.74, 6) is -1.36. The van der Waals surface area contributed by atoms with Crippen molar-refractivity contribution in [2.75, 3.05) is 36.1 Å². The summed E-state index contributed by atoms with van der Waals surface area (Å²) >= 11 is 0. The molecule has 1 heterocycles. The number of aromatic hydroxyl groups is 1. The second-order valence-electron chi connectivity index (χ2n) is 8.44. The molecule has 3 rings (SSSR count). The third kappa shape index (κ3) is 6.24. The minimum absolute atomic E-state index is 0.0340. The molecule has 1 fully saturated rings. The van der Waals surface area contributed by atoms with E-state index in [1.165, 1.54) is 18.2 Å². The van der Waals surface area contributed by atoms with Crippen LogP contribution < -0.4 is 9.62 Å². The number of sulfonamides is 1. The molecular formula is C23H30N2O8S2. The molecule has 1 unspecified atom stereocenters. The molecule has 1 aliphatic heterocycles. The predicted octanol–water partition coefficient (Wildman–Crippen LogP) is 2.51. The maximum Gasteiger partial charge on any atom is 0.337 e. The lowest BCUT2D eigenvalue weighted by molar-refractivity contribution is 0.0600. The number of nitrogens with one attached hydrogen (secondary N) is 1. The Bertz CT molecular complexity index is 1290. The molecule has 12 heteroatoms. The Kier molecular flexibility index (Phi) is 8.29. The quantitative estimate of drug-likeness (QED) is 0.419. The number of sulfone groups is 1. The second-order valence-corrected chi connectivity index (χ2v) is 12.1. The fraction of sp³-hybridized carbons (Fsp3) is 0.435. The highest BCUT2D eigenvalue weighted by atomic mass is 32.2. The van der Waals surface area contributed by atoms with Gasteiger partial charge in [0.25, 0.3) is 10.0 Å². The number of methoxy groups -OCH3 is 1. The average Bonchev–Trinajstić information content (AvgIpc) is 2.81. The Hall–Kier alpha value is -2.83. The summed E-state index contributed by atoms with van der Waals surface area (Å²) < 4.78 is 58.1. The molecule has 1 aliphatic rings. The van der Waals surface area contributed by atoms with Crippen LogP contribution >= 0.6 is 0 Å². The summed E-state index contributed by atoms with van der Waals surface area (Å²) in [5, 5.41) is 19.5. The molecule has 0 radical (unpaired) electrons. The zero-order valence-corrected chi connectivity index (χ0v) is 21.2. The molecule has 0 amide bonds. The van der Waals surface area contributed by atoms with E-state index in [1.54, 1.807) is 6.07 Å². The molecule has 1 saturated heterocycles. The summed E-state index contributed by atoms with van der Waals surface area (Å²) in [7, 11) is -6.93. The van der Waals surface area contributed by atoms with E-state index in [1.807, 2.05) is 4.90 Å². The number of benzene rings is 2. The number of rotatable bonds is 9. The Morgan fingerprint density at radius 2 is 1.89 bits per heavy atom. The number of carbonyl (C=O) groups excluding carboxylic acids is 1. The van der Waals surface area contributed by atoms with E-state index in [4.69, 9.17) is 0 Å². The largest absolute Gasteiger partial charge is 0.507 e. The lowest BCUT2D eigenvalue weighted by Gasteiger charge is -2.39. The number of aliphatic hydroxyl groups is 1. The maximum absolute atomic E-state index is 13.3. The van der Waals surface area contributed by atoms with Crippen LogP contribution in [0.3, 0.4) is 0 Å². The number of phenols is 1. The van der Waals surface area contributed by atoms with Crippen molar-refractivity contribution in [2.24, 2.45) is 0 Å². The van der Waals surface area contributed by atoms with Crippen LogP contribution in [0.4, 0.5) is 11.4 Å². The molecule has 3 N–H and O–H groups in total. The Morgan fingerprint density at radius 1 is 1.14 bits per heavy atom. The van der Waals surface area contributed by atoms with E-state index in [0.717, 1.165) is 44.8 Å². The van der Waals surface area contributed by atoms with E-state index in [2.05, 4.69) is 9.46 Å². The highest BCUT2D eigenvalue weighted by Crippen LogP contribution is 2.37. The Morgan fingerprint density at radius 3 is 2.54 bits per heavy atom. The zero-order valence-electron chi connectivity index (χ0n) is 19.6. The van der Waals surface area contributed by atoms with Crippen molar-refractivity contribution in [1.29, 1.82) is 0 Å². The summed E-state index contributed by atoms with van der Waals surface area (Å²) in [6, 6.07) is 7.58. The van der Waals surface area contributed by atoms with Crippen molar-refractivity contribution >= 4 is 37.2 Å². The summed E-state index contributed by atoms with van der Waals surface area (Å²) in [6.07, 6.45) is 5.01. The predicted molar refractivity (Wildman–Crippen MR) is 131 cm³/mol. The number of hydrogen-bond donors (Lipinski definition) is 3. The van der Waals surface area contributed by atoms with E-state index in [-0.39, 0.29) is 28.8 Å². The van der Waals surface area contributed by atoms with Gasteiger partial charge >= 0.3 is 5.97 Å². The number of aliphatic hydroxyl groups excluding tert-OH is 1. The first kappa shape index (κ1) is 26.8. The van der Waals surface area contributed by atoms with Gasteiger partial charge in [-0.3, -0.25) is 4.72 Å². The first-order valence-electron chi connectivity index (χ1n) is 11.1. The van der Waals surface area contributed by atoms with E-state index >= 15 is 0 Å². The number of carbonyl (C=O) groups is 1. The number of piperidine rings is 1. The van der Waals surface area contributed by atoms with Crippen molar-refractivity contribution in [1.82, 2.24) is 0 Å². The van der Waals surface area contributed by atoms with Crippen LogP contribution in [0, 0.1) is 0 Å². The molecular weight excluding hydrogens is 496 g/mol. The average molecular weight is 527 g/mol. The second kappa shape index (κ2) is 10.8. The van der Waals surface area contributed by atoms with Gasteiger partial charge in [0.05, 0.1) is 28.9 Å². The van der Waals surface area contributed by atoms with Crippen molar-refractivity contribution in [3.05, 3.63) is 42.0 Å². The van der Waals surface area contributed by atoms with Crippen molar-refractivity contribution < 1.29 is 36.6 Å². The highest BCUT2D eigenvalue weighted by Gasteiger charge is 2.28. The fourth-order valence-electron chi connectivity index (χ4n) is 4.20. The number of nitrogens with zero attached hydrogens (tertiary/aromatic N) is 1. The normalized spacial score (nSPS) is 16.7. The van der Waals surface area contributed by atoms with Crippen LogP contribution in [0.1, 0.15) is 42.5 Å². The molecule has 2 aromatic carbocycles. The van der Waals surface area contributed by atoms with Crippen molar-refractivity contribution in [3.8, 4) is 5.75 Å². The number of hydrogen-bond acceptors (Lipinski definition) is 9. The SMILES string of the molecule is COC(=O)c1ccc(O)c(S(=O)(=O)Nc2cc(S(C)(=O)=O)ccc2N2CCCCC2CCCO)c1. The molecule has 0 aromatic heterocycles. The van der Waals surface area contributed by atoms with Gasteiger partial charge in [0, 0.05) is 25.4 Å². The zero-order chi connectivity index (χ0) is 25.8. The van der Waals surface area contributed by atoms with Gasteiger partial charge in [-0.05, 0) is 68.5 Å². The van der Waals surface area contributed by atoms with Crippen LogP contribution in [0.5, 0.6) is 5.75 Å². The van der Waals surface area contributed by atoms with Crippen LogP contribution in [-0.4, -0.2) is 65.6 Å². The molecule has 0 spiro atoms. The van der Waals surface area contributed by atoms with Gasteiger partial charge in [-0.1, -0.05) is 0 Å². The van der Waals surface area contributed by atoms with E-state index in [0.29, 0.717) is 25.1 Å². The van der Waals surface area contributed by atoms with Crippen LogP contribution in [0.25, 0.3) is 0 Å². The third-order valence-electron chi connectivity index (χ3n) is 5.94. The molecule has 192 valence electrons. The molecule has 35 heavy (non-hydrogen) atoms. The maximum atomic E-state index is 13.3. The smallest absolute Gasteiger partial charge is 0.337 e. The van der Waals surface area contributed by atoms with Gasteiger partial charge in [0.2, 0.25) is 0 Å². The molecule has 0 saturated carbocycles. The number of ether oxygens (including phenoxy) is 1. The molecule has 0 aliphatic carbocycles. The Balaban J connectivity index is 2.10. The van der Waals surface area contributed by atoms with Crippen LogP contribution in [0.2, 0.25) is 0 Å². The van der Waals surface area contributed by atoms with Gasteiger partial charge in [-0.2, -0.15) is 0 Å². The standard InChI is InChI=1S/C23H30N2O8S2/c1-33-23(28)16-8-11-21(27)22(14-16)35(31,32)24-19-15-18(34(2,29)30)9-10-20(19)25-12-4-3-6-17(25)7-5-13-26/h8-11,14-15,17,24,26-27H,3-7,12-13H2,1-2H3. The topological polar surface area (TPSA) is 150 Å². The van der Waals surface area contributed by atoms with Gasteiger partial charge in [0.1, 0.15) is 10.6 Å². The van der Waals surface area contributed by atoms with Gasteiger partial charge in [-0.15, -0.1) is 0 Å². The van der Waals surface area contributed by atoms with Gasteiger partial charge < -0.3 is 19.8 Å². The number of phenolic OH excluding ortho intramolecular Hbond substituents is 1. The lowest BCUT2D eigenvalue weighted by Crippen LogP contribution is -2.40. The first-order valence-corrected chi connectivity index (χ1v) is 14.5. The lowest BCUT2D eigenvalue weighted by atomic mass is 9.97. The summed E-state index contributed by atoms with van der Waals surface area (Å²) in [6.45, 7) is 0.665. The summed E-state index contributed by atoms with van der Waals surface area (Å²) in [5.41, 5.74) is 0.454. The highest BCUT2D eigenvalue weighted by molar-refractivity contribution is 7.93. The molecule has 1 atom stereocenters. The molecule has 0 bridgehead atoms. The minimum atomic E-state index is -4.44. The van der Waals surface area contributed by atoms with Gasteiger partial charge in [0.15, 0.2) is 9.84 Å². The fourth-order valence-corrected chi connectivity index (χ4v) is 6.03. The number of esters is 1. The van der Waals surface area contributed by atoms with Crippen molar-refractivity contribution in [2.45, 2.75) is 47.9 Å². The first-order chi connectivity index (χ1) is 16.5.